The number of carbonyl (C=O) groups excluding carboxylic acids is 2. The zero-order chi connectivity index (χ0) is 24.5. The lowest BCUT2D eigenvalue weighted by atomic mass is 10.0. The Balaban J connectivity index is 2.11. The van der Waals surface area contributed by atoms with E-state index in [4.69, 9.17) is 16.9 Å². The molecule has 0 bridgehead atoms. The van der Waals surface area contributed by atoms with Crippen LogP contribution in [0.15, 0.2) is 59.6 Å². The molecule has 1 aromatic carbocycles. The first-order chi connectivity index (χ1) is 15.6. The molecule has 1 aliphatic heterocycles. The minimum absolute atomic E-state index is 0.0540. The molecule has 0 spiro atoms. The van der Waals surface area contributed by atoms with Crippen LogP contribution in [0.25, 0.3) is 0 Å². The Morgan fingerprint density at radius 3 is 2.58 bits per heavy atom. The molecule has 0 radical (unpaired) electrons. The number of hydrogen-bond donors (Lipinski definition) is 0. The van der Waals surface area contributed by atoms with E-state index in [2.05, 4.69) is 11.6 Å². The lowest BCUT2D eigenvalue weighted by Crippen LogP contribution is -2.43. The number of nitriles is 1. The van der Waals surface area contributed by atoms with Gasteiger partial charge in [-0.3, -0.25) is 14.5 Å². The summed E-state index contributed by atoms with van der Waals surface area (Å²) in [6, 6.07) is 7.93. The molecule has 1 aliphatic rings. The fourth-order valence-electron chi connectivity index (χ4n) is 3.74. The van der Waals surface area contributed by atoms with Crippen molar-refractivity contribution in [3.63, 3.8) is 0 Å². The molecule has 1 amide bonds. The van der Waals surface area contributed by atoms with Crippen LogP contribution in [0, 0.1) is 17.1 Å². The van der Waals surface area contributed by atoms with Gasteiger partial charge in [-0.1, -0.05) is 25.1 Å². The van der Waals surface area contributed by atoms with E-state index in [1.165, 1.54) is 33.7 Å². The highest BCUT2D eigenvalue weighted by molar-refractivity contribution is 6.32. The fraction of sp³-hybridized carbons (Fsp3) is 0.250. The monoisotopic (exact) mass is 467 g/mol. The number of benzene rings is 1. The molecule has 0 N–H and O–H groups in total. The number of hydrogen-bond acceptors (Lipinski definition) is 5. The van der Waals surface area contributed by atoms with Crippen LogP contribution in [-0.4, -0.2) is 22.3 Å². The molecule has 0 aliphatic carbocycles. The number of carbonyl (C=O) groups is 2. The number of aromatic nitrogens is 1. The first kappa shape index (κ1) is 24.0. The van der Waals surface area contributed by atoms with Crippen LogP contribution in [0.3, 0.4) is 0 Å². The van der Waals surface area contributed by atoms with Gasteiger partial charge in [0.1, 0.15) is 23.7 Å². The number of amides is 1. The zero-order valence-electron chi connectivity index (χ0n) is 18.8. The number of halogens is 2. The quantitative estimate of drug-likeness (QED) is 0.487. The summed E-state index contributed by atoms with van der Waals surface area (Å²) in [5.74, 6) is -0.589. The first-order valence-corrected chi connectivity index (χ1v) is 10.5. The van der Waals surface area contributed by atoms with Crippen molar-refractivity contribution in [1.29, 1.82) is 5.26 Å². The number of aryl methyl sites for hydroxylation is 1. The molecule has 170 valence electrons. The highest BCUT2D eigenvalue weighted by Crippen LogP contribution is 2.40. The Hall–Kier alpha value is -3.70. The van der Waals surface area contributed by atoms with E-state index in [0.29, 0.717) is 35.6 Å². The number of pyridine rings is 1. The summed E-state index contributed by atoms with van der Waals surface area (Å²) < 4.78 is 16.6. The normalized spacial score (nSPS) is 16.4. The van der Waals surface area contributed by atoms with Gasteiger partial charge >= 0.3 is 0 Å². The van der Waals surface area contributed by atoms with Crippen molar-refractivity contribution >= 4 is 35.2 Å². The molecule has 1 fully saturated rings. The summed E-state index contributed by atoms with van der Waals surface area (Å²) >= 11 is 6.17. The van der Waals surface area contributed by atoms with E-state index in [1.54, 1.807) is 38.1 Å². The molecular formula is C24H23ClFN5O2. The summed E-state index contributed by atoms with van der Waals surface area (Å²) in [4.78, 5) is 31.4. The number of nitrogens with zero attached hydrogens (tertiary/aromatic N) is 5. The van der Waals surface area contributed by atoms with Gasteiger partial charge in [0.05, 0.1) is 22.0 Å². The van der Waals surface area contributed by atoms with E-state index in [-0.39, 0.29) is 22.0 Å². The molecule has 33 heavy (non-hydrogen) atoms. The van der Waals surface area contributed by atoms with Crippen LogP contribution in [-0.2, 0) is 16.6 Å². The second-order valence-electron chi connectivity index (χ2n) is 7.97. The second-order valence-corrected chi connectivity index (χ2v) is 8.37. The predicted molar refractivity (Wildman–Crippen MR) is 125 cm³/mol. The van der Waals surface area contributed by atoms with Crippen LogP contribution < -0.4 is 15.3 Å². The zero-order valence-corrected chi connectivity index (χ0v) is 19.5. The van der Waals surface area contributed by atoms with Gasteiger partial charge in [0.25, 0.3) is 5.91 Å². The minimum Gasteiger partial charge on any atom is -0.332 e. The summed E-state index contributed by atoms with van der Waals surface area (Å²) in [6.07, 6.45) is 4.01. The number of aldehydes is 1. The van der Waals surface area contributed by atoms with Gasteiger partial charge in [-0.2, -0.15) is 5.26 Å². The van der Waals surface area contributed by atoms with E-state index >= 15 is 4.39 Å². The van der Waals surface area contributed by atoms with Gasteiger partial charge in [0, 0.05) is 25.0 Å². The maximum atomic E-state index is 15.1. The average molecular weight is 468 g/mol. The molecule has 0 unspecified atom stereocenters. The van der Waals surface area contributed by atoms with Crippen molar-refractivity contribution in [1.82, 2.24) is 4.57 Å². The topological polar surface area (TPSA) is 81.7 Å². The van der Waals surface area contributed by atoms with Gasteiger partial charge in [-0.15, -0.1) is 0 Å². The Morgan fingerprint density at radius 1 is 1.33 bits per heavy atom. The molecule has 3 rings (SSSR count). The van der Waals surface area contributed by atoms with Crippen LogP contribution in [0.4, 0.5) is 15.8 Å². The first-order valence-electron chi connectivity index (χ1n) is 10.1. The van der Waals surface area contributed by atoms with Gasteiger partial charge in [0.15, 0.2) is 11.3 Å². The third-order valence-corrected chi connectivity index (χ3v) is 5.72. The molecule has 1 saturated heterocycles. The summed E-state index contributed by atoms with van der Waals surface area (Å²) in [7, 11) is 1.63. The molecule has 0 saturated carbocycles. The summed E-state index contributed by atoms with van der Waals surface area (Å²) in [5, 5.41) is 9.33. The van der Waals surface area contributed by atoms with E-state index < -0.39 is 11.4 Å². The molecule has 7 nitrogen and oxygen atoms in total. The van der Waals surface area contributed by atoms with Crippen LogP contribution in [0.5, 0.6) is 0 Å². The van der Waals surface area contributed by atoms with Crippen LogP contribution in [0.1, 0.15) is 32.8 Å². The molecule has 2 heterocycles. The van der Waals surface area contributed by atoms with Gasteiger partial charge in [-0.25, -0.2) is 9.38 Å². The van der Waals surface area contributed by atoms with Gasteiger partial charge < -0.3 is 9.47 Å². The molecule has 2 aromatic rings. The summed E-state index contributed by atoms with van der Waals surface area (Å²) in [5.41, 5.74) is 0.555. The van der Waals surface area contributed by atoms with Gasteiger partial charge in [0.2, 0.25) is 0 Å². The van der Waals surface area contributed by atoms with E-state index in [9.17, 15) is 9.59 Å². The Labute approximate surface area is 196 Å². The maximum Gasteiger partial charge on any atom is 0.258 e. The van der Waals surface area contributed by atoms with Crippen molar-refractivity contribution in [3.05, 3.63) is 76.5 Å². The Morgan fingerprint density at radius 2 is 2.03 bits per heavy atom. The SMILES string of the molecule is C=C1N(c2ccc(C#N)c(Cl)c2)C(=O)C(C)(C)N1c1cc(F)c(=N/C(=C\C=O)CC)n(C)c1. The lowest BCUT2D eigenvalue weighted by Gasteiger charge is -2.30. The fourth-order valence-corrected chi connectivity index (χ4v) is 3.96. The minimum atomic E-state index is -1.08. The third-order valence-electron chi connectivity index (χ3n) is 5.41. The molecule has 0 atom stereocenters. The standard InChI is InChI=1S/C24H23ClFN5O2/c1-6-17(9-10-32)28-22-21(26)12-19(14-29(22)5)31-15(2)30(23(33)24(31,3)4)18-8-7-16(13-27)20(25)11-18/h7-12,14H,2,6H2,1,3-5H3/b17-9-,28-22?. The molecule has 9 heteroatoms. The average Bonchev–Trinajstić information content (AvgIpc) is 2.93. The van der Waals surface area contributed by atoms with Gasteiger partial charge in [-0.05, 0) is 44.5 Å². The van der Waals surface area contributed by atoms with Crippen molar-refractivity contribution < 1.29 is 14.0 Å². The maximum absolute atomic E-state index is 15.1. The molecule has 1 aromatic heterocycles. The Kier molecular flexibility index (Phi) is 6.56. The number of anilines is 2. The second kappa shape index (κ2) is 9.04. The summed E-state index contributed by atoms with van der Waals surface area (Å²) in [6.45, 7) is 9.32. The molecular weight excluding hydrogens is 445 g/mol. The van der Waals surface area contributed by atoms with E-state index in [1.807, 2.05) is 13.0 Å². The highest BCUT2D eigenvalue weighted by Gasteiger charge is 2.49. The van der Waals surface area contributed by atoms with Crippen LogP contribution in [0.2, 0.25) is 5.02 Å². The predicted octanol–water partition coefficient (Wildman–Crippen LogP) is 4.19. The van der Waals surface area contributed by atoms with E-state index in [0.717, 1.165) is 0 Å². The Bertz CT molecular complexity index is 1280. The third kappa shape index (κ3) is 4.20. The van der Waals surface area contributed by atoms with Crippen molar-refractivity contribution in [2.24, 2.45) is 12.0 Å². The number of rotatable bonds is 5. The van der Waals surface area contributed by atoms with Crippen molar-refractivity contribution in [3.8, 4) is 6.07 Å². The lowest BCUT2D eigenvalue weighted by molar-refractivity contribution is -0.120. The largest absolute Gasteiger partial charge is 0.332 e. The number of allylic oxidation sites excluding steroid dienone is 2. The smallest absolute Gasteiger partial charge is 0.258 e. The van der Waals surface area contributed by atoms with Crippen molar-refractivity contribution in [2.75, 3.05) is 9.80 Å². The van der Waals surface area contributed by atoms with Crippen molar-refractivity contribution in [2.45, 2.75) is 32.7 Å². The highest BCUT2D eigenvalue weighted by atomic mass is 35.5. The van der Waals surface area contributed by atoms with Crippen LogP contribution >= 0.6 is 11.6 Å².